The summed E-state index contributed by atoms with van der Waals surface area (Å²) in [5.41, 5.74) is 0.603. The van der Waals surface area contributed by atoms with Gasteiger partial charge in [0.1, 0.15) is 11.9 Å². The second-order valence-corrected chi connectivity index (χ2v) is 6.74. The Labute approximate surface area is 135 Å². The van der Waals surface area contributed by atoms with E-state index in [1.165, 1.54) is 17.8 Å². The molecule has 3 heterocycles. The number of thiophene rings is 1. The topological polar surface area (TPSA) is 52.0 Å². The summed E-state index contributed by atoms with van der Waals surface area (Å²) in [6.07, 6.45) is 4.02. The maximum absolute atomic E-state index is 8.76. The molecule has 22 heavy (non-hydrogen) atoms. The third-order valence-corrected chi connectivity index (χ3v) is 5.03. The minimum absolute atomic E-state index is 0.603. The van der Waals surface area contributed by atoms with E-state index in [2.05, 4.69) is 38.8 Å². The molecule has 0 radical (unpaired) electrons. The second kappa shape index (κ2) is 7.39. The van der Waals surface area contributed by atoms with E-state index in [-0.39, 0.29) is 0 Å². The fourth-order valence-electron chi connectivity index (χ4n) is 2.82. The molecule has 1 N–H and O–H groups in total. The second-order valence-electron chi connectivity index (χ2n) is 5.71. The molecule has 1 aliphatic rings. The average molecular weight is 312 g/mol. The Kier molecular flexibility index (Phi) is 5.04. The highest BCUT2D eigenvalue weighted by Gasteiger charge is 2.21. The van der Waals surface area contributed by atoms with Crippen molar-refractivity contribution in [1.82, 2.24) is 9.88 Å². The van der Waals surface area contributed by atoms with Crippen molar-refractivity contribution in [3.05, 3.63) is 46.3 Å². The number of nitrogens with one attached hydrogen (secondary N) is 1. The van der Waals surface area contributed by atoms with Gasteiger partial charge in [0.2, 0.25) is 0 Å². The zero-order chi connectivity index (χ0) is 15.2. The maximum Gasteiger partial charge on any atom is 0.125 e. The lowest BCUT2D eigenvalue weighted by atomic mass is 10.1. The van der Waals surface area contributed by atoms with Crippen molar-refractivity contribution in [2.75, 3.05) is 31.5 Å². The molecule has 5 heteroatoms. The van der Waals surface area contributed by atoms with Gasteiger partial charge >= 0.3 is 0 Å². The molecule has 0 amide bonds. The van der Waals surface area contributed by atoms with E-state index in [1.807, 2.05) is 17.4 Å². The molecule has 2 aromatic heterocycles. The molecule has 0 bridgehead atoms. The normalized spacial score (nSPS) is 18.2. The van der Waals surface area contributed by atoms with Gasteiger partial charge in [0.15, 0.2) is 0 Å². The van der Waals surface area contributed by atoms with Crippen molar-refractivity contribution in [1.29, 1.82) is 5.26 Å². The van der Waals surface area contributed by atoms with Crippen molar-refractivity contribution in [3.63, 3.8) is 0 Å². The van der Waals surface area contributed by atoms with Gasteiger partial charge in [-0.15, -0.1) is 11.3 Å². The maximum atomic E-state index is 8.76. The number of nitriles is 1. The highest BCUT2D eigenvalue weighted by atomic mass is 32.1. The summed E-state index contributed by atoms with van der Waals surface area (Å²) in [4.78, 5) is 8.28. The first-order chi connectivity index (χ1) is 10.8. The predicted octanol–water partition coefficient (Wildman–Crippen LogP) is 2.99. The van der Waals surface area contributed by atoms with Gasteiger partial charge in [0.25, 0.3) is 0 Å². The van der Waals surface area contributed by atoms with Crippen LogP contribution in [0.2, 0.25) is 0 Å². The fourth-order valence-corrected chi connectivity index (χ4v) is 3.52. The van der Waals surface area contributed by atoms with Crippen LogP contribution in [0.15, 0.2) is 35.8 Å². The number of rotatable bonds is 6. The third kappa shape index (κ3) is 4.06. The van der Waals surface area contributed by atoms with Crippen LogP contribution < -0.4 is 5.32 Å². The lowest BCUT2D eigenvalue weighted by molar-refractivity contribution is 0.331. The molecule has 1 saturated heterocycles. The lowest BCUT2D eigenvalue weighted by Gasteiger charge is -2.16. The van der Waals surface area contributed by atoms with Crippen LogP contribution in [0, 0.1) is 17.2 Å². The van der Waals surface area contributed by atoms with E-state index in [4.69, 9.17) is 5.26 Å². The number of nitrogens with zero attached hydrogens (tertiary/aromatic N) is 3. The van der Waals surface area contributed by atoms with Crippen LogP contribution in [0.25, 0.3) is 0 Å². The fraction of sp³-hybridized carbons (Fsp3) is 0.412. The zero-order valence-corrected chi connectivity index (χ0v) is 13.4. The molecule has 1 atom stereocenters. The van der Waals surface area contributed by atoms with Crippen LogP contribution in [0.5, 0.6) is 0 Å². The molecule has 1 fully saturated rings. The first-order valence-electron chi connectivity index (χ1n) is 7.68. The lowest BCUT2D eigenvalue weighted by Crippen LogP contribution is -2.25. The van der Waals surface area contributed by atoms with Crippen LogP contribution >= 0.6 is 11.3 Å². The zero-order valence-electron chi connectivity index (χ0n) is 12.5. The highest BCUT2D eigenvalue weighted by Crippen LogP contribution is 2.18. The largest absolute Gasteiger partial charge is 0.370 e. The summed E-state index contributed by atoms with van der Waals surface area (Å²) in [6, 6.07) is 10.1. The van der Waals surface area contributed by atoms with E-state index >= 15 is 0 Å². The molecule has 1 aliphatic heterocycles. The molecule has 4 nitrogen and oxygen atoms in total. The van der Waals surface area contributed by atoms with Crippen LogP contribution in [0.1, 0.15) is 16.9 Å². The standard InChI is InChI=1S/C17H20N4S/c18-10-14-3-4-17(19-11-14)20-12-15-5-7-21(13-15)8-6-16-2-1-9-22-16/h1-4,9,11,15H,5-8,12-13H2,(H,19,20)/t15-/m1/s1. The Balaban J connectivity index is 1.40. The van der Waals surface area contributed by atoms with Gasteiger partial charge < -0.3 is 10.2 Å². The highest BCUT2D eigenvalue weighted by molar-refractivity contribution is 7.09. The van der Waals surface area contributed by atoms with Crippen LogP contribution in [0.4, 0.5) is 5.82 Å². The molecule has 0 aromatic carbocycles. The molecule has 3 rings (SSSR count). The van der Waals surface area contributed by atoms with Crippen LogP contribution in [0.3, 0.4) is 0 Å². The minimum atomic E-state index is 0.603. The van der Waals surface area contributed by atoms with E-state index < -0.39 is 0 Å². The molecule has 114 valence electrons. The van der Waals surface area contributed by atoms with Crippen molar-refractivity contribution in [2.24, 2.45) is 5.92 Å². The van der Waals surface area contributed by atoms with Gasteiger partial charge in [-0.3, -0.25) is 0 Å². The summed E-state index contributed by atoms with van der Waals surface area (Å²) >= 11 is 1.85. The summed E-state index contributed by atoms with van der Waals surface area (Å²) in [7, 11) is 0. The average Bonchev–Trinajstić information content (AvgIpc) is 3.23. The molecule has 0 saturated carbocycles. The monoisotopic (exact) mass is 312 g/mol. The summed E-state index contributed by atoms with van der Waals surface area (Å²) in [6.45, 7) is 4.47. The molecular formula is C17H20N4S. The first kappa shape index (κ1) is 15.0. The Hall–Kier alpha value is -1.90. The molecule has 0 aliphatic carbocycles. The van der Waals surface area contributed by atoms with Crippen LogP contribution in [-0.2, 0) is 6.42 Å². The van der Waals surface area contributed by atoms with E-state index in [0.717, 1.165) is 31.9 Å². The number of likely N-dealkylation sites (tertiary alicyclic amines) is 1. The molecule has 2 aromatic rings. The minimum Gasteiger partial charge on any atom is -0.370 e. The van der Waals surface area contributed by atoms with Crippen molar-refractivity contribution >= 4 is 17.2 Å². The van der Waals surface area contributed by atoms with Crippen molar-refractivity contribution in [3.8, 4) is 6.07 Å². The van der Waals surface area contributed by atoms with Gasteiger partial charge in [-0.05, 0) is 48.9 Å². The predicted molar refractivity (Wildman–Crippen MR) is 90.0 cm³/mol. The van der Waals surface area contributed by atoms with Crippen molar-refractivity contribution in [2.45, 2.75) is 12.8 Å². The Morgan fingerprint density at radius 2 is 2.36 bits per heavy atom. The molecular weight excluding hydrogens is 292 g/mol. The van der Waals surface area contributed by atoms with Crippen LogP contribution in [-0.4, -0.2) is 36.1 Å². The van der Waals surface area contributed by atoms with Gasteiger partial charge in [-0.1, -0.05) is 6.07 Å². The SMILES string of the molecule is N#Cc1ccc(NC[C@H]2CCN(CCc3cccs3)C2)nc1. The van der Waals surface area contributed by atoms with E-state index in [0.29, 0.717) is 11.5 Å². The number of hydrogen-bond donors (Lipinski definition) is 1. The summed E-state index contributed by atoms with van der Waals surface area (Å²) < 4.78 is 0. The van der Waals surface area contributed by atoms with Gasteiger partial charge in [0, 0.05) is 30.7 Å². The smallest absolute Gasteiger partial charge is 0.125 e. The number of hydrogen-bond acceptors (Lipinski definition) is 5. The number of pyridine rings is 1. The van der Waals surface area contributed by atoms with Gasteiger partial charge in [0.05, 0.1) is 5.56 Å². The van der Waals surface area contributed by atoms with E-state index in [1.54, 1.807) is 12.3 Å². The van der Waals surface area contributed by atoms with Gasteiger partial charge in [-0.2, -0.15) is 5.26 Å². The molecule has 0 unspecified atom stereocenters. The quantitative estimate of drug-likeness (QED) is 0.891. The summed E-state index contributed by atoms with van der Waals surface area (Å²) in [5.74, 6) is 1.54. The Morgan fingerprint density at radius 3 is 3.09 bits per heavy atom. The number of anilines is 1. The molecule has 0 spiro atoms. The number of aromatic nitrogens is 1. The summed E-state index contributed by atoms with van der Waals surface area (Å²) in [5, 5.41) is 14.3. The third-order valence-electron chi connectivity index (χ3n) is 4.09. The van der Waals surface area contributed by atoms with E-state index in [9.17, 15) is 0 Å². The first-order valence-corrected chi connectivity index (χ1v) is 8.56. The van der Waals surface area contributed by atoms with Gasteiger partial charge in [-0.25, -0.2) is 4.98 Å². The Bertz CT molecular complexity index is 615. The Morgan fingerprint density at radius 1 is 1.41 bits per heavy atom. The van der Waals surface area contributed by atoms with Crippen molar-refractivity contribution < 1.29 is 0 Å².